The van der Waals surface area contributed by atoms with E-state index in [-0.39, 0.29) is 6.10 Å². The summed E-state index contributed by atoms with van der Waals surface area (Å²) >= 11 is 0. The van der Waals surface area contributed by atoms with Crippen LogP contribution in [0.5, 0.6) is 0 Å². The zero-order valence-electron chi connectivity index (χ0n) is 7.83. The Morgan fingerprint density at radius 3 is 3.00 bits per heavy atom. The van der Waals surface area contributed by atoms with Crippen molar-refractivity contribution in [3.05, 3.63) is 0 Å². The van der Waals surface area contributed by atoms with Crippen molar-refractivity contribution >= 4 is 0 Å². The lowest BCUT2D eigenvalue weighted by atomic mass is 10.2. The Labute approximate surface area is 74.3 Å². The summed E-state index contributed by atoms with van der Waals surface area (Å²) in [5, 5.41) is 10.8. The molecule has 0 aliphatic carbocycles. The number of hydrogen-bond acceptors (Lipinski definition) is 3. The van der Waals surface area contributed by atoms with E-state index in [9.17, 15) is 5.21 Å². The van der Waals surface area contributed by atoms with Gasteiger partial charge < -0.3 is 9.94 Å². The molecule has 12 heavy (non-hydrogen) atoms. The van der Waals surface area contributed by atoms with Crippen molar-refractivity contribution < 1.29 is 9.94 Å². The second-order valence-corrected chi connectivity index (χ2v) is 3.40. The molecule has 1 aliphatic heterocycles. The molecule has 3 nitrogen and oxygen atoms in total. The molecule has 1 saturated heterocycles. The Kier molecular flexibility index (Phi) is 4.58. The third-order valence-corrected chi connectivity index (χ3v) is 2.21. The molecule has 0 saturated carbocycles. The molecule has 3 heteroatoms. The van der Waals surface area contributed by atoms with Crippen LogP contribution in [0, 0.1) is 0 Å². The lowest BCUT2D eigenvalue weighted by molar-refractivity contribution is -0.116. The fourth-order valence-electron chi connectivity index (χ4n) is 1.46. The lowest BCUT2D eigenvalue weighted by Gasteiger charge is -2.17. The van der Waals surface area contributed by atoms with Gasteiger partial charge in [-0.3, -0.25) is 0 Å². The molecule has 1 rings (SSSR count). The van der Waals surface area contributed by atoms with Crippen LogP contribution in [0.15, 0.2) is 0 Å². The van der Waals surface area contributed by atoms with Gasteiger partial charge >= 0.3 is 0 Å². The van der Waals surface area contributed by atoms with Gasteiger partial charge in [-0.2, -0.15) is 5.06 Å². The quantitative estimate of drug-likeness (QED) is 0.642. The molecule has 0 aromatic heterocycles. The number of hydrogen-bond donors (Lipinski definition) is 1. The summed E-state index contributed by atoms with van der Waals surface area (Å²) in [6.45, 7) is 4.45. The minimum atomic E-state index is 0.270. The highest BCUT2D eigenvalue weighted by Gasteiger charge is 2.17. The third-order valence-electron chi connectivity index (χ3n) is 2.21. The predicted octanol–water partition coefficient (Wildman–Crippen LogP) is 1.66. The minimum Gasteiger partial charge on any atom is -0.377 e. The maximum absolute atomic E-state index is 9.39. The van der Waals surface area contributed by atoms with E-state index in [4.69, 9.17) is 4.74 Å². The van der Waals surface area contributed by atoms with Gasteiger partial charge in [0.25, 0.3) is 0 Å². The molecule has 0 aromatic rings. The van der Waals surface area contributed by atoms with Crippen molar-refractivity contribution in [2.45, 2.75) is 38.7 Å². The average Bonchev–Trinajstić information content (AvgIpc) is 2.53. The monoisotopic (exact) mass is 173 g/mol. The van der Waals surface area contributed by atoms with Gasteiger partial charge in [-0.15, -0.1) is 0 Å². The van der Waals surface area contributed by atoms with Crippen molar-refractivity contribution in [2.24, 2.45) is 0 Å². The standard InChI is InChI=1S/C9H19NO2/c1-2-3-6-10(11)8-9-5-4-7-12-9/h9,11H,2-8H2,1H3. The number of ether oxygens (including phenoxy) is 1. The first kappa shape index (κ1) is 9.96. The summed E-state index contributed by atoms with van der Waals surface area (Å²) in [6, 6.07) is 0. The summed E-state index contributed by atoms with van der Waals surface area (Å²) in [6.07, 6.45) is 4.70. The predicted molar refractivity (Wildman–Crippen MR) is 47.2 cm³/mol. The molecule has 0 spiro atoms. The second-order valence-electron chi connectivity index (χ2n) is 3.40. The molecule has 0 bridgehead atoms. The van der Waals surface area contributed by atoms with Crippen LogP contribution < -0.4 is 0 Å². The Morgan fingerprint density at radius 1 is 1.58 bits per heavy atom. The molecule has 0 aromatic carbocycles. The molecule has 1 N–H and O–H groups in total. The summed E-state index contributed by atoms with van der Waals surface area (Å²) in [7, 11) is 0. The number of hydroxylamine groups is 2. The largest absolute Gasteiger partial charge is 0.377 e. The average molecular weight is 173 g/mol. The van der Waals surface area contributed by atoms with E-state index in [2.05, 4.69) is 6.92 Å². The van der Waals surface area contributed by atoms with Crippen molar-refractivity contribution in [2.75, 3.05) is 19.7 Å². The highest BCUT2D eigenvalue weighted by Crippen LogP contribution is 2.12. The second kappa shape index (κ2) is 5.51. The zero-order chi connectivity index (χ0) is 8.81. The number of unbranched alkanes of at least 4 members (excludes halogenated alkanes) is 1. The highest BCUT2D eigenvalue weighted by atomic mass is 16.5. The van der Waals surface area contributed by atoms with Gasteiger partial charge in [0.2, 0.25) is 0 Å². The van der Waals surface area contributed by atoms with Crippen molar-refractivity contribution in [3.63, 3.8) is 0 Å². The van der Waals surface area contributed by atoms with E-state index >= 15 is 0 Å². The molecular weight excluding hydrogens is 154 g/mol. The van der Waals surface area contributed by atoms with Crippen LogP contribution in [-0.2, 0) is 4.74 Å². The molecule has 1 atom stereocenters. The van der Waals surface area contributed by atoms with Crippen molar-refractivity contribution in [1.29, 1.82) is 0 Å². The topological polar surface area (TPSA) is 32.7 Å². The van der Waals surface area contributed by atoms with E-state index in [0.717, 1.165) is 38.8 Å². The lowest BCUT2D eigenvalue weighted by Crippen LogP contribution is -2.30. The summed E-state index contributed by atoms with van der Waals surface area (Å²) < 4.78 is 5.40. The van der Waals surface area contributed by atoms with Crippen LogP contribution in [0.3, 0.4) is 0 Å². The van der Waals surface area contributed by atoms with Gasteiger partial charge in [-0.25, -0.2) is 0 Å². The zero-order valence-corrected chi connectivity index (χ0v) is 7.83. The number of rotatable bonds is 5. The third kappa shape index (κ3) is 3.52. The van der Waals surface area contributed by atoms with Crippen LogP contribution in [0.25, 0.3) is 0 Å². The van der Waals surface area contributed by atoms with E-state index in [0.29, 0.717) is 6.54 Å². The minimum absolute atomic E-state index is 0.270. The first-order chi connectivity index (χ1) is 5.83. The number of nitrogens with zero attached hydrogens (tertiary/aromatic N) is 1. The summed E-state index contributed by atoms with van der Waals surface area (Å²) in [4.78, 5) is 0. The maximum Gasteiger partial charge on any atom is 0.0726 e. The fraction of sp³-hybridized carbons (Fsp3) is 1.00. The van der Waals surface area contributed by atoms with Gasteiger partial charge in [0.1, 0.15) is 0 Å². The van der Waals surface area contributed by atoms with Gasteiger partial charge in [-0.05, 0) is 19.3 Å². The molecule has 1 fully saturated rings. The van der Waals surface area contributed by atoms with Gasteiger partial charge in [0, 0.05) is 13.2 Å². The van der Waals surface area contributed by atoms with Crippen LogP contribution in [0.4, 0.5) is 0 Å². The van der Waals surface area contributed by atoms with Crippen molar-refractivity contribution in [1.82, 2.24) is 5.06 Å². The molecule has 72 valence electrons. The molecule has 1 unspecified atom stereocenters. The van der Waals surface area contributed by atoms with Gasteiger partial charge in [0.05, 0.1) is 12.6 Å². The van der Waals surface area contributed by atoms with E-state index < -0.39 is 0 Å². The van der Waals surface area contributed by atoms with E-state index in [1.165, 1.54) is 5.06 Å². The Bertz CT molecular complexity index is 113. The first-order valence-electron chi connectivity index (χ1n) is 4.88. The smallest absolute Gasteiger partial charge is 0.0726 e. The maximum atomic E-state index is 9.39. The molecule has 1 aliphatic rings. The van der Waals surface area contributed by atoms with Crippen molar-refractivity contribution in [3.8, 4) is 0 Å². The summed E-state index contributed by atoms with van der Waals surface area (Å²) in [5.41, 5.74) is 0. The Morgan fingerprint density at radius 2 is 2.42 bits per heavy atom. The SMILES string of the molecule is CCCCN(O)CC1CCCO1. The Hall–Kier alpha value is -0.120. The molecule has 0 amide bonds. The highest BCUT2D eigenvalue weighted by molar-refractivity contribution is 4.66. The van der Waals surface area contributed by atoms with Gasteiger partial charge in [-0.1, -0.05) is 13.3 Å². The van der Waals surface area contributed by atoms with E-state index in [1.54, 1.807) is 0 Å². The normalized spacial score (nSPS) is 23.8. The molecule has 0 radical (unpaired) electrons. The molecule has 1 heterocycles. The van der Waals surface area contributed by atoms with Crippen LogP contribution in [0.1, 0.15) is 32.6 Å². The van der Waals surface area contributed by atoms with Crippen LogP contribution in [0.2, 0.25) is 0 Å². The first-order valence-corrected chi connectivity index (χ1v) is 4.88. The fourth-order valence-corrected chi connectivity index (χ4v) is 1.46. The Balaban J connectivity index is 2.03. The summed E-state index contributed by atoms with van der Waals surface area (Å²) in [5.74, 6) is 0. The van der Waals surface area contributed by atoms with E-state index in [1.807, 2.05) is 0 Å². The molecular formula is C9H19NO2. The van der Waals surface area contributed by atoms with Crippen LogP contribution in [-0.4, -0.2) is 36.1 Å². The van der Waals surface area contributed by atoms with Gasteiger partial charge in [0.15, 0.2) is 0 Å². The van der Waals surface area contributed by atoms with Crippen LogP contribution >= 0.6 is 0 Å².